The standard InChI is InChI=1S/C36H36N6O10/c37-33(45)29-3-1-2-4-30(29)34(46)38(17-27-19-41(35(47)51-27)25-9-5-23(6-10-25)39-13-15-49-21-31(39)43)18-28-20-42(36(48)52-28)26-11-7-24(8-12-26)40-14-16-50-22-32(40)44/h1-12,27-28H,13-22H2,(H2,37,45)/t27-,28-/m0/s1. The van der Waals surface area contributed by atoms with Gasteiger partial charge in [-0.2, -0.15) is 0 Å². The van der Waals surface area contributed by atoms with Crippen molar-refractivity contribution in [3.05, 3.63) is 83.9 Å². The number of amides is 6. The summed E-state index contributed by atoms with van der Waals surface area (Å²) in [7, 11) is 0. The minimum absolute atomic E-state index is 0.00469. The van der Waals surface area contributed by atoms with E-state index in [-0.39, 0.29) is 62.3 Å². The lowest BCUT2D eigenvalue weighted by Crippen LogP contribution is -2.44. The lowest BCUT2D eigenvalue weighted by atomic mass is 10.1. The number of rotatable bonds is 10. The predicted octanol–water partition coefficient (Wildman–Crippen LogP) is 2.00. The number of carbonyl (C=O) groups excluding carboxylic acids is 6. The van der Waals surface area contributed by atoms with Gasteiger partial charge < -0.3 is 39.4 Å². The second kappa shape index (κ2) is 14.7. The highest BCUT2D eigenvalue weighted by Gasteiger charge is 2.39. The molecule has 6 amide bonds. The minimum atomic E-state index is -0.787. The molecule has 3 aromatic carbocycles. The van der Waals surface area contributed by atoms with E-state index in [1.165, 1.54) is 26.8 Å². The highest BCUT2D eigenvalue weighted by Crippen LogP contribution is 2.29. The van der Waals surface area contributed by atoms with Gasteiger partial charge in [0.05, 0.1) is 50.5 Å². The fraction of sp³-hybridized carbons (Fsp3) is 0.333. The first-order valence-corrected chi connectivity index (χ1v) is 16.8. The van der Waals surface area contributed by atoms with Gasteiger partial charge in [0, 0.05) is 35.8 Å². The Morgan fingerprint density at radius 2 is 1.02 bits per heavy atom. The Morgan fingerprint density at radius 3 is 1.42 bits per heavy atom. The van der Waals surface area contributed by atoms with Crippen LogP contribution in [0.3, 0.4) is 0 Å². The number of anilines is 4. The van der Waals surface area contributed by atoms with Gasteiger partial charge in [0.15, 0.2) is 0 Å². The zero-order valence-electron chi connectivity index (χ0n) is 28.0. The third-order valence-corrected chi connectivity index (χ3v) is 9.22. The maximum Gasteiger partial charge on any atom is 0.414 e. The normalized spacial score (nSPS) is 20.6. The van der Waals surface area contributed by atoms with Crippen molar-refractivity contribution in [2.45, 2.75) is 12.2 Å². The number of hydrogen-bond donors (Lipinski definition) is 1. The molecule has 4 aliphatic heterocycles. The Labute approximate surface area is 298 Å². The summed E-state index contributed by atoms with van der Waals surface area (Å²) in [6, 6.07) is 20.0. The van der Waals surface area contributed by atoms with Crippen LogP contribution in [0.5, 0.6) is 0 Å². The molecule has 0 bridgehead atoms. The van der Waals surface area contributed by atoms with Crippen molar-refractivity contribution in [2.24, 2.45) is 5.73 Å². The average Bonchev–Trinajstić information content (AvgIpc) is 3.72. The number of primary amides is 1. The lowest BCUT2D eigenvalue weighted by molar-refractivity contribution is -0.126. The van der Waals surface area contributed by atoms with E-state index in [9.17, 15) is 28.8 Å². The zero-order chi connectivity index (χ0) is 36.4. The molecule has 3 aromatic rings. The summed E-state index contributed by atoms with van der Waals surface area (Å²) in [6.07, 6.45) is -2.79. The molecule has 270 valence electrons. The number of morpholine rings is 2. The maximum absolute atomic E-state index is 14.1. The Balaban J connectivity index is 1.06. The number of hydrogen-bond acceptors (Lipinski definition) is 10. The highest BCUT2D eigenvalue weighted by atomic mass is 16.6. The topological polar surface area (TPSA) is 182 Å². The van der Waals surface area contributed by atoms with Crippen LogP contribution in [0, 0.1) is 0 Å². The molecule has 0 spiro atoms. The molecular weight excluding hydrogens is 676 g/mol. The number of ether oxygens (including phenoxy) is 4. The smallest absolute Gasteiger partial charge is 0.414 e. The van der Waals surface area contributed by atoms with E-state index in [1.54, 1.807) is 70.5 Å². The van der Waals surface area contributed by atoms with Crippen molar-refractivity contribution in [2.75, 3.05) is 85.3 Å². The first-order chi connectivity index (χ1) is 25.2. The molecule has 0 saturated carbocycles. The Kier molecular flexibility index (Phi) is 9.73. The number of cyclic esters (lactones) is 2. The van der Waals surface area contributed by atoms with Gasteiger partial charge in [-0.05, 0) is 60.7 Å². The van der Waals surface area contributed by atoms with Crippen LogP contribution >= 0.6 is 0 Å². The van der Waals surface area contributed by atoms with Crippen molar-refractivity contribution in [1.82, 2.24) is 4.90 Å². The van der Waals surface area contributed by atoms with Gasteiger partial charge >= 0.3 is 12.2 Å². The van der Waals surface area contributed by atoms with Crippen molar-refractivity contribution in [3.8, 4) is 0 Å². The van der Waals surface area contributed by atoms with E-state index in [2.05, 4.69) is 0 Å². The van der Waals surface area contributed by atoms with E-state index < -0.39 is 36.2 Å². The van der Waals surface area contributed by atoms with Crippen LogP contribution in [-0.2, 0) is 28.5 Å². The maximum atomic E-state index is 14.1. The quantitative estimate of drug-likeness (QED) is 0.327. The van der Waals surface area contributed by atoms with Crippen LogP contribution in [0.2, 0.25) is 0 Å². The van der Waals surface area contributed by atoms with Gasteiger partial charge in [-0.3, -0.25) is 29.0 Å². The fourth-order valence-corrected chi connectivity index (χ4v) is 6.65. The van der Waals surface area contributed by atoms with E-state index in [0.29, 0.717) is 49.1 Å². The third-order valence-electron chi connectivity index (χ3n) is 9.22. The molecule has 0 radical (unpaired) electrons. The van der Waals surface area contributed by atoms with E-state index in [0.717, 1.165) is 0 Å². The lowest BCUT2D eigenvalue weighted by Gasteiger charge is -2.28. The average molecular weight is 713 g/mol. The molecule has 7 rings (SSSR count). The summed E-state index contributed by atoms with van der Waals surface area (Å²) in [6.45, 7) is 1.76. The SMILES string of the molecule is NC(=O)c1ccccc1C(=O)N(C[C@H]1CN(c2ccc(N3CCOCC3=O)cc2)C(=O)O1)C[C@H]1CN(c2ccc(N3CCOCC3=O)cc2)C(=O)O1. The molecular formula is C36H36N6O10. The van der Waals surface area contributed by atoms with Crippen molar-refractivity contribution < 1.29 is 47.7 Å². The Bertz CT molecular complexity index is 1790. The molecule has 4 aliphatic rings. The predicted molar refractivity (Wildman–Crippen MR) is 185 cm³/mol. The second-order valence-electron chi connectivity index (χ2n) is 12.6. The molecule has 2 atom stereocenters. The van der Waals surface area contributed by atoms with Gasteiger partial charge in [0.1, 0.15) is 25.4 Å². The van der Waals surface area contributed by atoms with E-state index in [4.69, 9.17) is 24.7 Å². The van der Waals surface area contributed by atoms with Gasteiger partial charge in [-0.15, -0.1) is 0 Å². The Morgan fingerprint density at radius 1 is 0.615 bits per heavy atom. The number of nitrogens with zero attached hydrogens (tertiary/aromatic N) is 5. The minimum Gasteiger partial charge on any atom is -0.442 e. The molecule has 4 fully saturated rings. The van der Waals surface area contributed by atoms with Crippen LogP contribution < -0.4 is 25.3 Å². The van der Waals surface area contributed by atoms with Crippen molar-refractivity contribution >= 4 is 58.6 Å². The molecule has 16 heteroatoms. The molecule has 0 unspecified atom stereocenters. The van der Waals surface area contributed by atoms with Gasteiger partial charge in [-0.1, -0.05) is 12.1 Å². The van der Waals surface area contributed by atoms with Crippen LogP contribution in [0.15, 0.2) is 72.8 Å². The van der Waals surface area contributed by atoms with Crippen LogP contribution in [0.25, 0.3) is 0 Å². The second-order valence-corrected chi connectivity index (χ2v) is 12.6. The summed E-state index contributed by atoms with van der Waals surface area (Å²) in [5.74, 6) is -1.65. The van der Waals surface area contributed by atoms with Crippen LogP contribution in [0.1, 0.15) is 20.7 Å². The molecule has 0 aromatic heterocycles. The largest absolute Gasteiger partial charge is 0.442 e. The highest BCUT2D eigenvalue weighted by molar-refractivity contribution is 6.07. The monoisotopic (exact) mass is 712 g/mol. The van der Waals surface area contributed by atoms with Gasteiger partial charge in [-0.25, -0.2) is 9.59 Å². The van der Waals surface area contributed by atoms with Crippen molar-refractivity contribution in [1.29, 1.82) is 0 Å². The third kappa shape index (κ3) is 7.11. The van der Waals surface area contributed by atoms with Crippen molar-refractivity contribution in [3.63, 3.8) is 0 Å². The van der Waals surface area contributed by atoms with Crippen LogP contribution in [0.4, 0.5) is 32.3 Å². The summed E-state index contributed by atoms with van der Waals surface area (Å²) in [5, 5.41) is 0. The van der Waals surface area contributed by atoms with Gasteiger partial charge in [0.25, 0.3) is 17.7 Å². The summed E-state index contributed by atoms with van der Waals surface area (Å²) in [4.78, 5) is 84.5. The number of carbonyl (C=O) groups is 6. The van der Waals surface area contributed by atoms with Crippen LogP contribution in [-0.4, -0.2) is 119 Å². The van der Waals surface area contributed by atoms with E-state index in [1.807, 2.05) is 0 Å². The summed E-state index contributed by atoms with van der Waals surface area (Å²) in [5.41, 5.74) is 8.10. The first kappa shape index (κ1) is 34.4. The molecule has 4 saturated heterocycles. The molecule has 0 aliphatic carbocycles. The molecule has 2 N–H and O–H groups in total. The summed E-state index contributed by atoms with van der Waals surface area (Å²) >= 11 is 0. The summed E-state index contributed by atoms with van der Waals surface area (Å²) < 4.78 is 21.8. The number of nitrogens with two attached hydrogens (primary N) is 1. The molecule has 4 heterocycles. The van der Waals surface area contributed by atoms with E-state index >= 15 is 0 Å². The Hall–Kier alpha value is -6.00. The zero-order valence-corrected chi connectivity index (χ0v) is 28.0. The first-order valence-electron chi connectivity index (χ1n) is 16.8. The molecule has 52 heavy (non-hydrogen) atoms. The van der Waals surface area contributed by atoms with Gasteiger partial charge in [0.2, 0.25) is 5.91 Å². The molecule has 16 nitrogen and oxygen atoms in total. The number of benzene rings is 3. The fourth-order valence-electron chi connectivity index (χ4n) is 6.65.